The van der Waals surface area contributed by atoms with Gasteiger partial charge >= 0.3 is 0 Å². The summed E-state index contributed by atoms with van der Waals surface area (Å²) in [6.07, 6.45) is 5.99. The lowest BCUT2D eigenvalue weighted by molar-refractivity contribution is 0.299. The quantitative estimate of drug-likeness (QED) is 0.797. The molecule has 0 radical (unpaired) electrons. The first-order valence-corrected chi connectivity index (χ1v) is 6.92. The first kappa shape index (κ1) is 13.1. The molecule has 1 N–H and O–H groups in total. The number of nitrogens with zero attached hydrogens (tertiary/aromatic N) is 3. The fraction of sp³-hybridized carbons (Fsp3) is 0.143. The Morgan fingerprint density at radius 1 is 1.25 bits per heavy atom. The van der Waals surface area contributed by atoms with Crippen molar-refractivity contribution in [1.29, 1.82) is 0 Å². The molecule has 0 unspecified atom stereocenters. The van der Waals surface area contributed by atoms with E-state index in [1.165, 1.54) is 0 Å². The lowest BCUT2D eigenvalue weighted by Gasteiger charge is -2.07. The van der Waals surface area contributed by atoms with Gasteiger partial charge in [-0.2, -0.15) is 0 Å². The summed E-state index contributed by atoms with van der Waals surface area (Å²) < 4.78 is 8.29. The molecule has 20 heavy (non-hydrogen) atoms. The number of ether oxygens (including phenoxy) is 1. The predicted molar refractivity (Wildman–Crippen MR) is 78.0 cm³/mol. The van der Waals surface area contributed by atoms with Crippen LogP contribution in [0.2, 0.25) is 0 Å². The van der Waals surface area contributed by atoms with Crippen LogP contribution in [0.4, 0.5) is 0 Å². The molecule has 0 saturated heterocycles. The van der Waals surface area contributed by atoms with Crippen LogP contribution in [0.25, 0.3) is 5.65 Å². The van der Waals surface area contributed by atoms with Gasteiger partial charge in [0.15, 0.2) is 0 Å². The van der Waals surface area contributed by atoms with Crippen LogP contribution in [0.5, 0.6) is 11.6 Å². The van der Waals surface area contributed by atoms with Gasteiger partial charge in [0.25, 0.3) is 5.88 Å². The third-order valence-corrected chi connectivity index (χ3v) is 3.23. The highest BCUT2D eigenvalue weighted by Gasteiger charge is 2.08. The molecule has 0 aliphatic rings. The van der Waals surface area contributed by atoms with E-state index in [4.69, 9.17) is 9.84 Å². The molecule has 2 aromatic heterocycles. The monoisotopic (exact) mass is 333 g/mol. The van der Waals surface area contributed by atoms with Crippen molar-refractivity contribution in [2.24, 2.45) is 0 Å². The molecule has 5 nitrogen and oxygen atoms in total. The van der Waals surface area contributed by atoms with Gasteiger partial charge in [0, 0.05) is 25.2 Å². The predicted octanol–water partition coefficient (Wildman–Crippen LogP) is 2.82. The average Bonchev–Trinajstić information content (AvgIpc) is 2.89. The van der Waals surface area contributed by atoms with Crippen molar-refractivity contribution in [1.82, 2.24) is 14.4 Å². The van der Waals surface area contributed by atoms with Crippen LogP contribution in [-0.2, 0) is 6.42 Å². The zero-order chi connectivity index (χ0) is 13.9. The maximum Gasteiger partial charge on any atom is 0.264 e. The van der Waals surface area contributed by atoms with Gasteiger partial charge in [-0.25, -0.2) is 9.97 Å². The van der Waals surface area contributed by atoms with E-state index in [-0.39, 0.29) is 6.61 Å². The highest BCUT2D eigenvalue weighted by Crippen LogP contribution is 2.25. The standard InChI is InChI=1S/C14H12BrN3O2/c15-12-9-18-7-6-16-13(18)14(17-12)20-11-3-1-10(2-4-11)5-8-19/h1-4,6-7,9,19H,5,8H2. The largest absolute Gasteiger partial charge is 0.436 e. The third-order valence-electron chi connectivity index (χ3n) is 2.85. The van der Waals surface area contributed by atoms with Crippen molar-refractivity contribution < 1.29 is 9.84 Å². The molecular weight excluding hydrogens is 322 g/mol. The average molecular weight is 334 g/mol. The van der Waals surface area contributed by atoms with E-state index >= 15 is 0 Å². The zero-order valence-corrected chi connectivity index (χ0v) is 12.1. The van der Waals surface area contributed by atoms with Crippen LogP contribution in [0.1, 0.15) is 5.56 Å². The van der Waals surface area contributed by atoms with Crippen LogP contribution in [0, 0.1) is 0 Å². The molecule has 6 heteroatoms. The number of aliphatic hydroxyl groups is 1. The molecule has 3 aromatic rings. The summed E-state index contributed by atoms with van der Waals surface area (Å²) in [5, 5.41) is 8.89. The summed E-state index contributed by atoms with van der Waals surface area (Å²) in [5.74, 6) is 1.13. The molecule has 0 amide bonds. The second kappa shape index (κ2) is 5.60. The Morgan fingerprint density at radius 3 is 2.80 bits per heavy atom. The number of hydrogen-bond acceptors (Lipinski definition) is 4. The molecule has 0 spiro atoms. The normalized spacial score (nSPS) is 10.9. The van der Waals surface area contributed by atoms with Crippen molar-refractivity contribution in [2.45, 2.75) is 6.42 Å². The lowest BCUT2D eigenvalue weighted by Crippen LogP contribution is -1.95. The van der Waals surface area contributed by atoms with Crippen molar-refractivity contribution in [3.63, 3.8) is 0 Å². The molecule has 2 heterocycles. The second-order valence-electron chi connectivity index (χ2n) is 4.25. The fourth-order valence-corrected chi connectivity index (χ4v) is 2.29. The van der Waals surface area contributed by atoms with E-state index < -0.39 is 0 Å². The summed E-state index contributed by atoms with van der Waals surface area (Å²) in [5.41, 5.74) is 1.72. The van der Waals surface area contributed by atoms with Gasteiger partial charge in [0.2, 0.25) is 5.65 Å². The molecule has 0 aliphatic heterocycles. The molecule has 0 bridgehead atoms. The SMILES string of the molecule is OCCc1ccc(Oc2nc(Br)cn3ccnc23)cc1. The van der Waals surface area contributed by atoms with E-state index in [0.717, 1.165) is 5.56 Å². The van der Waals surface area contributed by atoms with Crippen LogP contribution in [-0.4, -0.2) is 26.1 Å². The molecule has 3 rings (SSSR count). The summed E-state index contributed by atoms with van der Waals surface area (Å²) >= 11 is 3.35. The van der Waals surface area contributed by atoms with Gasteiger partial charge in [0.1, 0.15) is 10.4 Å². The second-order valence-corrected chi connectivity index (χ2v) is 5.06. The number of aromatic nitrogens is 3. The van der Waals surface area contributed by atoms with E-state index in [1.807, 2.05) is 41.1 Å². The molecule has 0 saturated carbocycles. The number of benzene rings is 1. The summed E-state index contributed by atoms with van der Waals surface area (Å²) in [6.45, 7) is 0.141. The van der Waals surface area contributed by atoms with Crippen molar-refractivity contribution in [2.75, 3.05) is 6.61 Å². The number of fused-ring (bicyclic) bond motifs is 1. The minimum Gasteiger partial charge on any atom is -0.436 e. The Kier molecular flexibility index (Phi) is 3.66. The van der Waals surface area contributed by atoms with Crippen molar-refractivity contribution in [3.8, 4) is 11.6 Å². The van der Waals surface area contributed by atoms with Crippen LogP contribution in [0.3, 0.4) is 0 Å². The maximum absolute atomic E-state index is 8.89. The Bertz CT molecular complexity index is 725. The first-order chi connectivity index (χ1) is 9.76. The number of aliphatic hydroxyl groups excluding tert-OH is 1. The minimum atomic E-state index is 0.141. The summed E-state index contributed by atoms with van der Waals surface area (Å²) in [6, 6.07) is 7.55. The van der Waals surface area contributed by atoms with Crippen molar-refractivity contribution >= 4 is 21.6 Å². The highest BCUT2D eigenvalue weighted by atomic mass is 79.9. The first-order valence-electron chi connectivity index (χ1n) is 6.13. The third kappa shape index (κ3) is 2.66. The van der Waals surface area contributed by atoms with Crippen LogP contribution in [0.15, 0.2) is 47.5 Å². The Morgan fingerprint density at radius 2 is 2.05 bits per heavy atom. The van der Waals surface area contributed by atoms with Gasteiger partial charge in [-0.1, -0.05) is 12.1 Å². The number of hydrogen-bond donors (Lipinski definition) is 1. The van der Waals surface area contributed by atoms with Crippen molar-refractivity contribution in [3.05, 3.63) is 53.0 Å². The van der Waals surface area contributed by atoms with Gasteiger partial charge in [0.05, 0.1) is 0 Å². The van der Waals surface area contributed by atoms with Crippen LogP contribution >= 0.6 is 15.9 Å². The summed E-state index contributed by atoms with van der Waals surface area (Å²) in [7, 11) is 0. The molecule has 0 fully saturated rings. The van der Waals surface area contributed by atoms with E-state index in [1.54, 1.807) is 6.20 Å². The van der Waals surface area contributed by atoms with Gasteiger partial charge in [-0.3, -0.25) is 4.40 Å². The lowest BCUT2D eigenvalue weighted by atomic mass is 10.1. The molecule has 0 atom stereocenters. The maximum atomic E-state index is 8.89. The van der Waals surface area contributed by atoms with E-state index in [9.17, 15) is 0 Å². The van der Waals surface area contributed by atoms with Crippen LogP contribution < -0.4 is 4.74 Å². The number of halogens is 1. The molecule has 0 aliphatic carbocycles. The topological polar surface area (TPSA) is 59.7 Å². The molecule has 1 aromatic carbocycles. The molecular formula is C14H12BrN3O2. The Hall–Kier alpha value is -1.92. The van der Waals surface area contributed by atoms with E-state index in [0.29, 0.717) is 28.3 Å². The highest BCUT2D eigenvalue weighted by molar-refractivity contribution is 9.10. The number of imidazole rings is 1. The Balaban J connectivity index is 1.90. The van der Waals surface area contributed by atoms with Gasteiger partial charge in [-0.05, 0) is 40.0 Å². The smallest absolute Gasteiger partial charge is 0.264 e. The zero-order valence-electron chi connectivity index (χ0n) is 10.5. The van der Waals surface area contributed by atoms with E-state index in [2.05, 4.69) is 25.9 Å². The number of rotatable bonds is 4. The minimum absolute atomic E-state index is 0.141. The van der Waals surface area contributed by atoms with Gasteiger partial charge in [-0.15, -0.1) is 0 Å². The Labute approximate surface area is 124 Å². The summed E-state index contributed by atoms with van der Waals surface area (Å²) in [4.78, 5) is 8.52. The molecule has 102 valence electrons. The fourth-order valence-electron chi connectivity index (χ4n) is 1.91. The van der Waals surface area contributed by atoms with Gasteiger partial charge < -0.3 is 9.84 Å².